The van der Waals surface area contributed by atoms with Gasteiger partial charge in [-0.25, -0.2) is 0 Å². The van der Waals surface area contributed by atoms with E-state index < -0.39 is 24.7 Å². The van der Waals surface area contributed by atoms with Crippen LogP contribution >= 0.6 is 15.9 Å². The van der Waals surface area contributed by atoms with Crippen molar-refractivity contribution in [2.45, 2.75) is 32.0 Å². The number of nitrogens with zero attached hydrogens (tertiary/aromatic N) is 2. The van der Waals surface area contributed by atoms with E-state index in [2.05, 4.69) is 15.9 Å². The van der Waals surface area contributed by atoms with Gasteiger partial charge in [0.25, 0.3) is 5.91 Å². The summed E-state index contributed by atoms with van der Waals surface area (Å²) in [5.74, 6) is -0.389. The average molecular weight is 353 g/mol. The van der Waals surface area contributed by atoms with E-state index in [4.69, 9.17) is 0 Å². The first kappa shape index (κ1) is 15.4. The second-order valence-electron chi connectivity index (χ2n) is 5.28. The first-order valence-corrected chi connectivity index (χ1v) is 7.18. The Kier molecular flexibility index (Phi) is 4.18. The van der Waals surface area contributed by atoms with E-state index in [1.807, 2.05) is 0 Å². The van der Waals surface area contributed by atoms with Gasteiger partial charge in [-0.1, -0.05) is 0 Å². The molecule has 0 spiro atoms. The summed E-state index contributed by atoms with van der Waals surface area (Å²) in [6, 6.07) is 1.16. The van der Waals surface area contributed by atoms with E-state index in [0.717, 1.165) is 17.7 Å². The van der Waals surface area contributed by atoms with Crippen LogP contribution in [0.4, 0.5) is 13.2 Å². The smallest absolute Gasteiger partial charge is 0.345 e. The van der Waals surface area contributed by atoms with E-state index in [1.165, 1.54) is 4.57 Å². The van der Waals surface area contributed by atoms with Crippen molar-refractivity contribution in [1.82, 2.24) is 9.47 Å². The van der Waals surface area contributed by atoms with Gasteiger partial charge in [0, 0.05) is 23.8 Å². The SMILES string of the molecule is CC(C1CC1)N(CC(F)(F)F)C(=O)c1cc(Br)cn1C. The number of alkyl halides is 3. The Bertz CT molecular complexity index is 508. The Balaban J connectivity index is 2.25. The van der Waals surface area contributed by atoms with Crippen molar-refractivity contribution in [2.75, 3.05) is 6.54 Å². The lowest BCUT2D eigenvalue weighted by Gasteiger charge is -2.30. The molecule has 0 aliphatic heterocycles. The first-order valence-electron chi connectivity index (χ1n) is 6.38. The lowest BCUT2D eigenvalue weighted by atomic mass is 10.1. The fourth-order valence-electron chi connectivity index (χ4n) is 2.31. The van der Waals surface area contributed by atoms with Crippen LogP contribution in [0.25, 0.3) is 0 Å². The predicted molar refractivity (Wildman–Crippen MR) is 72.4 cm³/mol. The van der Waals surface area contributed by atoms with Gasteiger partial charge in [0.05, 0.1) is 0 Å². The minimum absolute atomic E-state index is 0.185. The number of halogens is 4. The Labute approximate surface area is 123 Å². The Morgan fingerprint density at radius 2 is 2.15 bits per heavy atom. The van der Waals surface area contributed by atoms with Crippen molar-refractivity contribution in [3.05, 3.63) is 22.4 Å². The lowest BCUT2D eigenvalue weighted by molar-refractivity contribution is -0.144. The van der Waals surface area contributed by atoms with Crippen LogP contribution in [0.3, 0.4) is 0 Å². The van der Waals surface area contributed by atoms with Crippen LogP contribution in [0.15, 0.2) is 16.7 Å². The maximum Gasteiger partial charge on any atom is 0.406 e. The number of amides is 1. The van der Waals surface area contributed by atoms with E-state index in [0.29, 0.717) is 4.47 Å². The van der Waals surface area contributed by atoms with Crippen LogP contribution in [0.5, 0.6) is 0 Å². The molecule has 0 saturated heterocycles. The molecule has 0 N–H and O–H groups in total. The van der Waals surface area contributed by atoms with Gasteiger partial charge in [0.2, 0.25) is 0 Å². The van der Waals surface area contributed by atoms with Crippen LogP contribution < -0.4 is 0 Å². The number of carbonyl (C=O) groups is 1. The molecule has 0 radical (unpaired) electrons. The maximum atomic E-state index is 12.7. The minimum atomic E-state index is -4.39. The first-order chi connectivity index (χ1) is 9.19. The van der Waals surface area contributed by atoms with E-state index in [1.54, 1.807) is 26.2 Å². The zero-order chi connectivity index (χ0) is 15.1. The van der Waals surface area contributed by atoms with Crippen LogP contribution in [0.2, 0.25) is 0 Å². The fraction of sp³-hybridized carbons (Fsp3) is 0.615. The third-order valence-corrected chi connectivity index (χ3v) is 4.03. The summed E-state index contributed by atoms with van der Waals surface area (Å²) in [4.78, 5) is 13.4. The van der Waals surface area contributed by atoms with Crippen LogP contribution in [0, 0.1) is 5.92 Å². The molecule has 1 aliphatic rings. The molecule has 2 rings (SSSR count). The maximum absolute atomic E-state index is 12.7. The quantitative estimate of drug-likeness (QED) is 0.812. The van der Waals surface area contributed by atoms with Crippen molar-refractivity contribution >= 4 is 21.8 Å². The molecule has 1 atom stereocenters. The molecule has 1 fully saturated rings. The second-order valence-corrected chi connectivity index (χ2v) is 6.20. The van der Waals surface area contributed by atoms with E-state index in [-0.39, 0.29) is 11.6 Å². The molecule has 1 heterocycles. The van der Waals surface area contributed by atoms with Gasteiger partial charge >= 0.3 is 6.18 Å². The van der Waals surface area contributed by atoms with Crippen molar-refractivity contribution in [3.63, 3.8) is 0 Å². The van der Waals surface area contributed by atoms with E-state index >= 15 is 0 Å². The number of aryl methyl sites for hydroxylation is 1. The minimum Gasteiger partial charge on any atom is -0.345 e. The Hall–Kier alpha value is -0.980. The normalized spacial score (nSPS) is 17.1. The average Bonchev–Trinajstić information content (AvgIpc) is 3.09. The fourth-order valence-corrected chi connectivity index (χ4v) is 2.83. The molecular weight excluding hydrogens is 337 g/mol. The standard InChI is InChI=1S/C13H16BrF3N2O/c1-8(9-3-4-9)19(7-13(15,16)17)12(20)11-5-10(14)6-18(11)2/h5-6,8-9H,3-4,7H2,1-2H3. The number of carbonyl (C=O) groups excluding carboxylic acids is 1. The highest BCUT2D eigenvalue weighted by molar-refractivity contribution is 9.10. The predicted octanol–water partition coefficient (Wildman–Crippen LogP) is 3.59. The van der Waals surface area contributed by atoms with Crippen molar-refractivity contribution in [3.8, 4) is 0 Å². The molecule has 1 aliphatic carbocycles. The van der Waals surface area contributed by atoms with Gasteiger partial charge in [-0.15, -0.1) is 0 Å². The van der Waals surface area contributed by atoms with Gasteiger partial charge in [-0.05, 0) is 47.7 Å². The highest BCUT2D eigenvalue weighted by Crippen LogP contribution is 2.36. The van der Waals surface area contributed by atoms with Gasteiger partial charge < -0.3 is 9.47 Å². The molecule has 20 heavy (non-hydrogen) atoms. The number of hydrogen-bond acceptors (Lipinski definition) is 1. The number of aromatic nitrogens is 1. The molecule has 3 nitrogen and oxygen atoms in total. The summed E-state index contributed by atoms with van der Waals surface area (Å²) < 4.78 is 40.4. The molecule has 112 valence electrons. The summed E-state index contributed by atoms with van der Waals surface area (Å²) in [7, 11) is 1.64. The van der Waals surface area contributed by atoms with Crippen molar-refractivity contribution in [2.24, 2.45) is 13.0 Å². The second kappa shape index (κ2) is 5.42. The molecule has 1 amide bonds. The number of rotatable bonds is 4. The van der Waals surface area contributed by atoms with Gasteiger partial charge in [0.1, 0.15) is 12.2 Å². The molecule has 1 aromatic rings. The monoisotopic (exact) mass is 352 g/mol. The largest absolute Gasteiger partial charge is 0.406 e. The molecule has 1 saturated carbocycles. The summed E-state index contributed by atoms with van der Waals surface area (Å²) >= 11 is 3.23. The van der Waals surface area contributed by atoms with E-state index in [9.17, 15) is 18.0 Å². The molecule has 7 heteroatoms. The summed E-state index contributed by atoms with van der Waals surface area (Å²) in [6.45, 7) is 0.492. The third kappa shape index (κ3) is 3.56. The van der Waals surface area contributed by atoms with Gasteiger partial charge in [-0.3, -0.25) is 4.79 Å². The van der Waals surface area contributed by atoms with Crippen LogP contribution in [0.1, 0.15) is 30.3 Å². The van der Waals surface area contributed by atoms with Crippen LogP contribution in [-0.4, -0.2) is 34.1 Å². The molecule has 0 aromatic carbocycles. The number of hydrogen-bond donors (Lipinski definition) is 0. The zero-order valence-electron chi connectivity index (χ0n) is 11.2. The third-order valence-electron chi connectivity index (χ3n) is 3.60. The summed E-state index contributed by atoms with van der Waals surface area (Å²) in [6.07, 6.45) is -0.957. The van der Waals surface area contributed by atoms with Gasteiger partial charge in [-0.2, -0.15) is 13.2 Å². The Morgan fingerprint density at radius 3 is 2.55 bits per heavy atom. The molecular formula is C13H16BrF3N2O. The Morgan fingerprint density at radius 1 is 1.55 bits per heavy atom. The topological polar surface area (TPSA) is 25.2 Å². The molecule has 1 unspecified atom stereocenters. The van der Waals surface area contributed by atoms with Gasteiger partial charge in [0.15, 0.2) is 0 Å². The highest BCUT2D eigenvalue weighted by atomic mass is 79.9. The lowest BCUT2D eigenvalue weighted by Crippen LogP contribution is -2.46. The summed E-state index contributed by atoms with van der Waals surface area (Å²) in [5.41, 5.74) is 0.258. The molecule has 1 aromatic heterocycles. The van der Waals surface area contributed by atoms with Crippen molar-refractivity contribution in [1.29, 1.82) is 0 Å². The zero-order valence-corrected chi connectivity index (χ0v) is 12.8. The summed E-state index contributed by atoms with van der Waals surface area (Å²) in [5, 5.41) is 0. The highest BCUT2D eigenvalue weighted by Gasteiger charge is 2.41. The molecule has 0 bridgehead atoms. The van der Waals surface area contributed by atoms with Crippen molar-refractivity contribution < 1.29 is 18.0 Å². The van der Waals surface area contributed by atoms with Crippen LogP contribution in [-0.2, 0) is 7.05 Å².